The van der Waals surface area contributed by atoms with Crippen LogP contribution < -0.4 is 4.90 Å². The van der Waals surface area contributed by atoms with E-state index >= 15 is 0 Å². The highest BCUT2D eigenvalue weighted by atomic mass is 35.5. The number of aliphatic hydroxyl groups excluding tert-OH is 1. The minimum Gasteiger partial charge on any atom is -0.503 e. The van der Waals surface area contributed by atoms with E-state index in [4.69, 9.17) is 23.2 Å². The predicted octanol–water partition coefficient (Wildman–Crippen LogP) is 5.17. The number of carbonyl (C=O) groups excluding carboxylic acids is 1. The van der Waals surface area contributed by atoms with Gasteiger partial charge in [0.05, 0.1) is 21.8 Å². The fourth-order valence-electron chi connectivity index (χ4n) is 3.33. The molecule has 1 atom stereocenters. The van der Waals surface area contributed by atoms with E-state index in [0.717, 1.165) is 17.7 Å². The van der Waals surface area contributed by atoms with Crippen molar-refractivity contribution < 1.29 is 9.90 Å². The maximum Gasteiger partial charge on any atom is 0.293 e. The second-order valence-corrected chi connectivity index (χ2v) is 6.87. The van der Waals surface area contributed by atoms with Crippen molar-refractivity contribution in [1.82, 2.24) is 0 Å². The molecule has 0 fully saturated rings. The first-order chi connectivity index (χ1) is 12.0. The topological polar surface area (TPSA) is 52.9 Å². The van der Waals surface area contributed by atoms with Gasteiger partial charge in [0, 0.05) is 23.9 Å². The van der Waals surface area contributed by atoms with Gasteiger partial charge in [-0.25, -0.2) is 0 Å². The number of fused-ring (bicyclic) bond motifs is 1. The lowest BCUT2D eigenvalue weighted by molar-refractivity contribution is -0.117. The summed E-state index contributed by atoms with van der Waals surface area (Å²) in [4.78, 5) is 18.6. The predicted molar refractivity (Wildman–Crippen MR) is 100 cm³/mol. The number of nitrogens with zero attached hydrogens (tertiary/aromatic N) is 2. The molecular weight excluding hydrogens is 359 g/mol. The van der Waals surface area contributed by atoms with E-state index in [1.54, 1.807) is 19.1 Å². The monoisotopic (exact) mass is 372 g/mol. The molecule has 1 N–H and O–H groups in total. The highest BCUT2D eigenvalue weighted by Gasteiger charge is 2.40. The molecule has 2 aliphatic rings. The molecule has 6 heteroatoms. The number of hydrogen-bond acceptors (Lipinski definition) is 3. The second kappa shape index (κ2) is 5.90. The summed E-state index contributed by atoms with van der Waals surface area (Å²) in [6.07, 6.45) is 2.63. The third-order valence-corrected chi connectivity index (χ3v) is 5.46. The van der Waals surface area contributed by atoms with Gasteiger partial charge in [0.1, 0.15) is 0 Å². The van der Waals surface area contributed by atoms with Gasteiger partial charge in [0.2, 0.25) is 0 Å². The van der Waals surface area contributed by atoms with Crippen molar-refractivity contribution in [2.75, 3.05) is 4.90 Å². The molecule has 0 aromatic heterocycles. The van der Waals surface area contributed by atoms with E-state index in [9.17, 15) is 9.90 Å². The van der Waals surface area contributed by atoms with Crippen LogP contribution in [-0.4, -0.2) is 17.2 Å². The van der Waals surface area contributed by atoms with Crippen molar-refractivity contribution in [3.8, 4) is 0 Å². The maximum absolute atomic E-state index is 12.7. The Morgan fingerprint density at radius 1 is 1.24 bits per heavy atom. The zero-order valence-corrected chi connectivity index (χ0v) is 14.8. The lowest BCUT2D eigenvalue weighted by Gasteiger charge is -2.27. The number of aliphatic hydroxyl groups is 1. The molecule has 0 bridgehead atoms. The number of halogens is 2. The standard InChI is InChI=1S/C19H14Cl2N2O2/c1-10-17(13-3-2-4-14(20)16(13)21)23(19(25)18(10)24)12-6-5-11-7-8-22-15(11)9-12/h2-6,8-9,17,24H,7H2,1H3. The summed E-state index contributed by atoms with van der Waals surface area (Å²) >= 11 is 12.5. The zero-order chi connectivity index (χ0) is 17.7. The van der Waals surface area contributed by atoms with Crippen molar-refractivity contribution in [2.45, 2.75) is 19.4 Å². The molecule has 1 unspecified atom stereocenters. The number of aliphatic imine (C=N–C) groups is 1. The van der Waals surface area contributed by atoms with Crippen molar-refractivity contribution in [3.05, 3.63) is 68.9 Å². The molecule has 0 saturated heterocycles. The molecule has 2 aliphatic heterocycles. The summed E-state index contributed by atoms with van der Waals surface area (Å²) < 4.78 is 0. The minimum absolute atomic E-state index is 0.259. The van der Waals surface area contributed by atoms with Gasteiger partial charge >= 0.3 is 0 Å². The Bertz CT molecular complexity index is 966. The molecule has 0 radical (unpaired) electrons. The van der Waals surface area contributed by atoms with Gasteiger partial charge < -0.3 is 5.11 Å². The average Bonchev–Trinajstić information content (AvgIpc) is 3.15. The third-order valence-electron chi connectivity index (χ3n) is 4.63. The Hall–Kier alpha value is -2.30. The average molecular weight is 373 g/mol. The van der Waals surface area contributed by atoms with Crippen LogP contribution in [0, 0.1) is 0 Å². The summed E-state index contributed by atoms with van der Waals surface area (Å²) in [6.45, 7) is 1.72. The number of anilines is 1. The lowest BCUT2D eigenvalue weighted by Crippen LogP contribution is -2.30. The molecule has 0 aliphatic carbocycles. The molecule has 2 aromatic rings. The molecule has 4 rings (SSSR count). The first-order valence-electron chi connectivity index (χ1n) is 7.81. The van der Waals surface area contributed by atoms with E-state index < -0.39 is 11.9 Å². The summed E-state index contributed by atoms with van der Waals surface area (Å²) in [5, 5.41) is 11.0. The van der Waals surface area contributed by atoms with Gasteiger partial charge in [-0.15, -0.1) is 0 Å². The van der Waals surface area contributed by atoms with Crippen LogP contribution in [0.5, 0.6) is 0 Å². The van der Waals surface area contributed by atoms with Gasteiger partial charge in [-0.3, -0.25) is 14.7 Å². The van der Waals surface area contributed by atoms with Crippen LogP contribution in [0.1, 0.15) is 24.1 Å². The fraction of sp³-hybridized carbons (Fsp3) is 0.158. The van der Waals surface area contributed by atoms with Crippen LogP contribution >= 0.6 is 23.2 Å². The molecule has 2 aromatic carbocycles. The Kier molecular flexibility index (Phi) is 3.82. The molecule has 4 nitrogen and oxygen atoms in total. The van der Waals surface area contributed by atoms with Gasteiger partial charge in [-0.05, 0) is 36.2 Å². The third kappa shape index (κ3) is 2.44. The summed E-state index contributed by atoms with van der Waals surface area (Å²) in [6, 6.07) is 10.4. The summed E-state index contributed by atoms with van der Waals surface area (Å²) in [7, 11) is 0. The van der Waals surface area contributed by atoms with Crippen LogP contribution in [0.25, 0.3) is 0 Å². The van der Waals surface area contributed by atoms with Crippen LogP contribution in [0.2, 0.25) is 10.0 Å². The second-order valence-electron chi connectivity index (χ2n) is 6.08. The molecule has 126 valence electrons. The molecule has 2 heterocycles. The van der Waals surface area contributed by atoms with Crippen LogP contribution in [0.4, 0.5) is 11.4 Å². The minimum atomic E-state index is -0.512. The largest absolute Gasteiger partial charge is 0.503 e. The number of carbonyl (C=O) groups is 1. The van der Waals surface area contributed by atoms with E-state index in [2.05, 4.69) is 4.99 Å². The Morgan fingerprint density at radius 3 is 2.84 bits per heavy atom. The van der Waals surface area contributed by atoms with Crippen molar-refractivity contribution >= 4 is 46.7 Å². The normalized spacial score (nSPS) is 19.1. The van der Waals surface area contributed by atoms with E-state index in [0.29, 0.717) is 26.9 Å². The lowest BCUT2D eigenvalue weighted by atomic mass is 9.99. The van der Waals surface area contributed by atoms with E-state index in [1.807, 2.05) is 30.5 Å². The van der Waals surface area contributed by atoms with Crippen LogP contribution in [-0.2, 0) is 11.2 Å². The molecule has 25 heavy (non-hydrogen) atoms. The quantitative estimate of drug-likeness (QED) is 0.790. The first kappa shape index (κ1) is 16.2. The maximum atomic E-state index is 12.7. The van der Waals surface area contributed by atoms with Gasteiger partial charge in [-0.1, -0.05) is 41.4 Å². The number of amides is 1. The first-order valence-corrected chi connectivity index (χ1v) is 8.57. The molecule has 0 spiro atoms. The summed E-state index contributed by atoms with van der Waals surface area (Å²) in [5.41, 5.74) is 3.82. The Balaban J connectivity index is 1.87. The van der Waals surface area contributed by atoms with Gasteiger partial charge in [-0.2, -0.15) is 0 Å². The highest BCUT2D eigenvalue weighted by Crippen LogP contribution is 2.45. The number of hydrogen-bond donors (Lipinski definition) is 1. The van der Waals surface area contributed by atoms with Crippen molar-refractivity contribution in [2.24, 2.45) is 4.99 Å². The number of benzene rings is 2. The van der Waals surface area contributed by atoms with E-state index in [1.165, 1.54) is 4.90 Å². The van der Waals surface area contributed by atoms with Crippen LogP contribution in [0.15, 0.2) is 52.7 Å². The van der Waals surface area contributed by atoms with Crippen molar-refractivity contribution in [1.29, 1.82) is 0 Å². The fourth-order valence-corrected chi connectivity index (χ4v) is 3.74. The van der Waals surface area contributed by atoms with Gasteiger partial charge in [0.25, 0.3) is 5.91 Å². The molecule has 1 amide bonds. The van der Waals surface area contributed by atoms with Crippen LogP contribution in [0.3, 0.4) is 0 Å². The smallest absolute Gasteiger partial charge is 0.293 e. The van der Waals surface area contributed by atoms with Gasteiger partial charge in [0.15, 0.2) is 5.76 Å². The zero-order valence-electron chi connectivity index (χ0n) is 13.3. The van der Waals surface area contributed by atoms with Crippen molar-refractivity contribution in [3.63, 3.8) is 0 Å². The Labute approximate surface area is 155 Å². The highest BCUT2D eigenvalue weighted by molar-refractivity contribution is 6.42. The van der Waals surface area contributed by atoms with E-state index in [-0.39, 0.29) is 5.76 Å². The molecular formula is C19H14Cl2N2O2. The summed E-state index contributed by atoms with van der Waals surface area (Å²) in [5.74, 6) is -0.717. The SMILES string of the molecule is CC1=C(O)C(=O)N(c2ccc3c(c2)N=CC3)C1c1cccc(Cl)c1Cl. The number of rotatable bonds is 2. The Morgan fingerprint density at radius 2 is 2.04 bits per heavy atom. The molecule has 0 saturated carbocycles.